The third kappa shape index (κ3) is 4.99. The quantitative estimate of drug-likeness (QED) is 0.603. The second kappa shape index (κ2) is 6.80. The summed E-state index contributed by atoms with van der Waals surface area (Å²) in [6.07, 6.45) is 0.126. The van der Waals surface area contributed by atoms with Gasteiger partial charge in [-0.05, 0) is 13.8 Å². The van der Waals surface area contributed by atoms with Crippen LogP contribution >= 0.6 is 0 Å². The molecular formula is C9H16N2O4. The SMILES string of the molecule is CCN(CC)C(=O)CCNC(=O)C(=O)O. The normalized spacial score (nSPS) is 9.47. The number of hydrogen-bond acceptors (Lipinski definition) is 3. The number of amides is 2. The topological polar surface area (TPSA) is 86.7 Å². The lowest BCUT2D eigenvalue weighted by Crippen LogP contribution is -2.36. The molecular weight excluding hydrogens is 200 g/mol. The van der Waals surface area contributed by atoms with Gasteiger partial charge in [-0.2, -0.15) is 0 Å². The summed E-state index contributed by atoms with van der Waals surface area (Å²) in [5.41, 5.74) is 0. The fourth-order valence-electron chi connectivity index (χ4n) is 1.09. The molecule has 0 heterocycles. The smallest absolute Gasteiger partial charge is 0.394 e. The minimum atomic E-state index is -1.54. The standard InChI is InChI=1S/C9H16N2O4/c1-3-11(4-2)7(12)5-6-10-8(13)9(14)15/h3-6H2,1-2H3,(H,10,13)(H,14,15). The highest BCUT2D eigenvalue weighted by Gasteiger charge is 2.12. The highest BCUT2D eigenvalue weighted by Crippen LogP contribution is 1.92. The first-order valence-electron chi connectivity index (χ1n) is 4.81. The van der Waals surface area contributed by atoms with Crippen molar-refractivity contribution >= 4 is 17.8 Å². The summed E-state index contributed by atoms with van der Waals surface area (Å²) in [7, 11) is 0. The molecule has 0 saturated heterocycles. The largest absolute Gasteiger partial charge is 0.474 e. The molecule has 0 bridgehead atoms. The van der Waals surface area contributed by atoms with Crippen molar-refractivity contribution in [3.63, 3.8) is 0 Å². The van der Waals surface area contributed by atoms with Crippen molar-refractivity contribution in [2.24, 2.45) is 0 Å². The zero-order valence-corrected chi connectivity index (χ0v) is 8.95. The van der Waals surface area contributed by atoms with Crippen molar-refractivity contribution in [2.45, 2.75) is 20.3 Å². The van der Waals surface area contributed by atoms with Crippen LogP contribution in [-0.2, 0) is 14.4 Å². The monoisotopic (exact) mass is 216 g/mol. The summed E-state index contributed by atoms with van der Waals surface area (Å²) in [5.74, 6) is -2.71. The minimum Gasteiger partial charge on any atom is -0.474 e. The molecule has 0 spiro atoms. The molecule has 0 saturated carbocycles. The van der Waals surface area contributed by atoms with E-state index in [1.807, 2.05) is 13.8 Å². The first-order chi connectivity index (χ1) is 7.02. The Morgan fingerprint density at radius 2 is 1.73 bits per heavy atom. The molecule has 0 aromatic rings. The molecule has 0 radical (unpaired) electrons. The maximum absolute atomic E-state index is 11.4. The highest BCUT2D eigenvalue weighted by molar-refractivity contribution is 6.31. The zero-order chi connectivity index (χ0) is 11.8. The molecule has 0 aromatic heterocycles. The Kier molecular flexibility index (Phi) is 6.08. The van der Waals surface area contributed by atoms with Gasteiger partial charge in [0.2, 0.25) is 5.91 Å². The number of rotatable bonds is 5. The first-order valence-corrected chi connectivity index (χ1v) is 4.81. The van der Waals surface area contributed by atoms with Gasteiger partial charge in [-0.3, -0.25) is 9.59 Å². The highest BCUT2D eigenvalue weighted by atomic mass is 16.4. The number of nitrogens with one attached hydrogen (secondary N) is 1. The van der Waals surface area contributed by atoms with E-state index in [9.17, 15) is 14.4 Å². The number of nitrogens with zero attached hydrogens (tertiary/aromatic N) is 1. The van der Waals surface area contributed by atoms with E-state index in [-0.39, 0.29) is 18.9 Å². The Hall–Kier alpha value is -1.59. The molecule has 0 aliphatic carbocycles. The third-order valence-corrected chi connectivity index (χ3v) is 1.93. The van der Waals surface area contributed by atoms with Crippen LogP contribution in [0, 0.1) is 0 Å². The van der Waals surface area contributed by atoms with Gasteiger partial charge in [0.1, 0.15) is 0 Å². The average Bonchev–Trinajstić information content (AvgIpc) is 2.19. The maximum atomic E-state index is 11.4. The molecule has 0 atom stereocenters. The van der Waals surface area contributed by atoms with E-state index in [2.05, 4.69) is 5.32 Å². The van der Waals surface area contributed by atoms with Crippen LogP contribution < -0.4 is 5.32 Å². The molecule has 0 rings (SSSR count). The van der Waals surface area contributed by atoms with Crippen LogP contribution in [0.3, 0.4) is 0 Å². The fourth-order valence-corrected chi connectivity index (χ4v) is 1.09. The molecule has 0 fully saturated rings. The van der Waals surface area contributed by atoms with Gasteiger partial charge in [0.15, 0.2) is 0 Å². The molecule has 86 valence electrons. The van der Waals surface area contributed by atoms with Crippen molar-refractivity contribution in [1.29, 1.82) is 0 Å². The lowest BCUT2D eigenvalue weighted by Gasteiger charge is -2.18. The van der Waals surface area contributed by atoms with Gasteiger partial charge in [0.05, 0.1) is 0 Å². The molecule has 0 aliphatic heterocycles. The molecule has 15 heavy (non-hydrogen) atoms. The summed E-state index contributed by atoms with van der Waals surface area (Å²) in [6, 6.07) is 0. The predicted octanol–water partition coefficient (Wildman–Crippen LogP) is -0.554. The van der Waals surface area contributed by atoms with Gasteiger partial charge in [0.25, 0.3) is 0 Å². The van der Waals surface area contributed by atoms with E-state index in [1.165, 1.54) is 0 Å². The first kappa shape index (κ1) is 13.4. The fraction of sp³-hybridized carbons (Fsp3) is 0.667. The Balaban J connectivity index is 3.81. The molecule has 2 amide bonds. The van der Waals surface area contributed by atoms with Gasteiger partial charge in [-0.15, -0.1) is 0 Å². The third-order valence-electron chi connectivity index (χ3n) is 1.93. The van der Waals surface area contributed by atoms with E-state index in [0.717, 1.165) is 0 Å². The molecule has 0 aliphatic rings. The van der Waals surface area contributed by atoms with E-state index in [1.54, 1.807) is 4.90 Å². The summed E-state index contributed by atoms with van der Waals surface area (Å²) in [5, 5.41) is 10.4. The second-order valence-corrected chi connectivity index (χ2v) is 2.88. The van der Waals surface area contributed by atoms with Crippen LogP contribution in [0.2, 0.25) is 0 Å². The summed E-state index contributed by atoms with van der Waals surface area (Å²) in [4.78, 5) is 33.7. The molecule has 6 heteroatoms. The molecule has 0 aromatic carbocycles. The maximum Gasteiger partial charge on any atom is 0.394 e. The van der Waals surface area contributed by atoms with Gasteiger partial charge >= 0.3 is 11.9 Å². The number of hydrogen-bond donors (Lipinski definition) is 2. The Bertz CT molecular complexity index is 248. The summed E-state index contributed by atoms with van der Waals surface area (Å²) in [6.45, 7) is 5.00. The van der Waals surface area contributed by atoms with E-state index >= 15 is 0 Å². The average molecular weight is 216 g/mol. The van der Waals surface area contributed by atoms with Gasteiger partial charge in [0, 0.05) is 26.1 Å². The Morgan fingerprint density at radius 3 is 2.13 bits per heavy atom. The van der Waals surface area contributed by atoms with Crippen LogP contribution in [0.5, 0.6) is 0 Å². The van der Waals surface area contributed by atoms with Crippen molar-refractivity contribution < 1.29 is 19.5 Å². The zero-order valence-electron chi connectivity index (χ0n) is 8.95. The Morgan fingerprint density at radius 1 is 1.20 bits per heavy atom. The molecule has 2 N–H and O–H groups in total. The summed E-state index contributed by atoms with van der Waals surface area (Å²) >= 11 is 0. The van der Waals surface area contributed by atoms with Crippen molar-refractivity contribution in [1.82, 2.24) is 10.2 Å². The lowest BCUT2D eigenvalue weighted by atomic mass is 10.3. The number of carboxylic acids is 1. The molecule has 6 nitrogen and oxygen atoms in total. The van der Waals surface area contributed by atoms with E-state index < -0.39 is 11.9 Å². The number of aliphatic carboxylic acids is 1. The van der Waals surface area contributed by atoms with Gasteiger partial charge in [-0.25, -0.2) is 4.79 Å². The van der Waals surface area contributed by atoms with Crippen LogP contribution in [-0.4, -0.2) is 47.4 Å². The van der Waals surface area contributed by atoms with Crippen molar-refractivity contribution in [3.8, 4) is 0 Å². The summed E-state index contributed by atoms with van der Waals surface area (Å²) < 4.78 is 0. The number of carbonyl (C=O) groups is 3. The van der Waals surface area contributed by atoms with Crippen LogP contribution in [0.15, 0.2) is 0 Å². The van der Waals surface area contributed by atoms with Crippen LogP contribution in [0.1, 0.15) is 20.3 Å². The van der Waals surface area contributed by atoms with Crippen molar-refractivity contribution in [2.75, 3.05) is 19.6 Å². The molecule has 0 unspecified atom stereocenters. The van der Waals surface area contributed by atoms with Gasteiger partial charge in [-0.1, -0.05) is 0 Å². The number of carbonyl (C=O) groups excluding carboxylic acids is 2. The second-order valence-electron chi connectivity index (χ2n) is 2.88. The van der Waals surface area contributed by atoms with Crippen molar-refractivity contribution in [3.05, 3.63) is 0 Å². The predicted molar refractivity (Wildman–Crippen MR) is 53.2 cm³/mol. The van der Waals surface area contributed by atoms with Gasteiger partial charge < -0.3 is 15.3 Å². The lowest BCUT2D eigenvalue weighted by molar-refractivity contribution is -0.150. The van der Waals surface area contributed by atoms with E-state index in [4.69, 9.17) is 5.11 Å². The Labute approximate surface area is 88.2 Å². The van der Waals surface area contributed by atoms with E-state index in [0.29, 0.717) is 13.1 Å². The van der Waals surface area contributed by atoms with Crippen LogP contribution in [0.25, 0.3) is 0 Å². The number of carboxylic acid groups (broad SMARTS) is 1. The minimum absolute atomic E-state index is 0.0560. The van der Waals surface area contributed by atoms with Crippen LogP contribution in [0.4, 0.5) is 0 Å².